The van der Waals surface area contributed by atoms with Crippen molar-refractivity contribution < 1.29 is 9.30 Å². The molecule has 6 nitrogen and oxygen atoms in total. The Balaban J connectivity index is 0.960. The second-order valence-electron chi connectivity index (χ2n) is 15.4. The van der Waals surface area contributed by atoms with Gasteiger partial charge in [-0.25, -0.2) is 4.98 Å². The van der Waals surface area contributed by atoms with E-state index in [0.717, 1.165) is 84.6 Å². The van der Waals surface area contributed by atoms with E-state index in [1.807, 2.05) is 24.4 Å². The number of para-hydroxylation sites is 4. The molecular weight excluding hydrogens is 745 g/mol. The molecule has 0 atom stereocenters. The van der Waals surface area contributed by atoms with E-state index >= 15 is 0 Å². The van der Waals surface area contributed by atoms with Crippen LogP contribution in [0.4, 0.5) is 22.9 Å². The molecule has 10 aromatic rings. The van der Waals surface area contributed by atoms with E-state index in [1.54, 1.807) is 0 Å². The van der Waals surface area contributed by atoms with Crippen LogP contribution in [0, 0.1) is 6.33 Å². The highest BCUT2D eigenvalue weighted by Crippen LogP contribution is 2.51. The highest BCUT2D eigenvalue weighted by atomic mass is 16.5. The molecule has 0 amide bonds. The van der Waals surface area contributed by atoms with Crippen LogP contribution in [0.1, 0.15) is 0 Å². The molecule has 2 aliphatic rings. The van der Waals surface area contributed by atoms with Gasteiger partial charge in [-0.1, -0.05) is 152 Å². The van der Waals surface area contributed by atoms with Crippen LogP contribution in [-0.4, -0.2) is 16.5 Å². The predicted molar refractivity (Wildman–Crippen MR) is 247 cm³/mol. The normalized spacial score (nSPS) is 12.5. The average molecular weight is 782 g/mol. The summed E-state index contributed by atoms with van der Waals surface area (Å²) in [4.78, 5) is 9.74. The lowest BCUT2D eigenvalue weighted by atomic mass is 9.59. The van der Waals surface area contributed by atoms with Gasteiger partial charge in [-0.2, -0.15) is 0 Å². The Kier molecular flexibility index (Phi) is 8.16. The van der Waals surface area contributed by atoms with E-state index in [9.17, 15) is 0 Å². The van der Waals surface area contributed by atoms with Crippen molar-refractivity contribution in [3.8, 4) is 56.3 Å². The van der Waals surface area contributed by atoms with Crippen molar-refractivity contribution in [3.05, 3.63) is 225 Å². The maximum Gasteiger partial charge on any atom is 0.422 e. The lowest BCUT2D eigenvalue weighted by Crippen LogP contribution is -2.55. The molecule has 0 N–H and O–H groups in total. The number of pyridine rings is 1. The highest BCUT2D eigenvalue weighted by Gasteiger charge is 2.48. The van der Waals surface area contributed by atoms with Crippen LogP contribution in [0.5, 0.6) is 11.5 Å². The van der Waals surface area contributed by atoms with Gasteiger partial charge < -0.3 is 14.4 Å². The summed E-state index contributed by atoms with van der Waals surface area (Å²) >= 11 is 0. The lowest BCUT2D eigenvalue weighted by molar-refractivity contribution is -0.571. The molecule has 0 unspecified atom stereocenters. The molecular formula is C54H36BN5O. The average Bonchev–Trinajstić information content (AvgIpc) is 3.89. The second kappa shape index (κ2) is 14.3. The molecule has 2 aromatic heterocycles. The molecule has 7 heteroatoms. The summed E-state index contributed by atoms with van der Waals surface area (Å²) in [6.45, 7) is -0.117. The monoisotopic (exact) mass is 781 g/mol. The molecule has 0 saturated heterocycles. The highest BCUT2D eigenvalue weighted by molar-refractivity contribution is 6.86. The minimum atomic E-state index is -0.117. The quantitative estimate of drug-likeness (QED) is 0.0917. The number of imidazole rings is 1. The summed E-state index contributed by atoms with van der Waals surface area (Å²) in [5.41, 5.74) is 15.4. The Morgan fingerprint density at radius 3 is 1.90 bits per heavy atom. The number of ether oxygens (including phenoxy) is 1. The summed E-state index contributed by atoms with van der Waals surface area (Å²) in [6.07, 6.45) is 5.68. The topological polar surface area (TPSA) is 37.4 Å². The number of nitrogens with zero attached hydrogens (tertiary/aromatic N) is 5. The minimum Gasteiger partial charge on any atom is -0.458 e. The zero-order chi connectivity index (χ0) is 40.3. The third-order valence-electron chi connectivity index (χ3n) is 11.8. The molecule has 61 heavy (non-hydrogen) atoms. The SMILES string of the molecule is [c-]1n(-c2cccc(Oc3ccc4c(c3)N3B(c5ccccc5-4)N(c4ccccc4)c4cccnc43)c2)c2ccccc2[n+]1-c1c(-c2ccccc2)cccc1-c1ccccc1. The number of benzene rings is 8. The van der Waals surface area contributed by atoms with Gasteiger partial charge >= 0.3 is 6.98 Å². The zero-order valence-corrected chi connectivity index (χ0v) is 33.0. The molecule has 12 rings (SSSR count). The smallest absolute Gasteiger partial charge is 0.422 e. The maximum atomic E-state index is 6.81. The van der Waals surface area contributed by atoms with Crippen molar-refractivity contribution in [2.24, 2.45) is 0 Å². The Labute approximate surface area is 354 Å². The van der Waals surface area contributed by atoms with E-state index in [1.165, 1.54) is 11.0 Å². The fourth-order valence-electron chi connectivity index (χ4n) is 9.21. The molecule has 0 spiro atoms. The van der Waals surface area contributed by atoms with E-state index < -0.39 is 0 Å². The predicted octanol–water partition coefficient (Wildman–Crippen LogP) is 11.9. The van der Waals surface area contributed by atoms with Crippen LogP contribution in [0.15, 0.2) is 219 Å². The standard InChI is InChI=1S/C54H36BN5O/c1-4-17-38(18-5-1)44-26-15-27-45(39-19-6-2-7-20-39)53(44)58-37-57(49-29-12-13-30-50(49)58)41-23-14-24-42(35-41)61-43-32-33-47-46-25-10-11-28-48(46)55-59(40-21-8-3-9-22-40)51-31-16-34-56-54(51)60(55)52(47)36-43/h1-36H. The first-order valence-corrected chi connectivity index (χ1v) is 20.6. The van der Waals surface area contributed by atoms with E-state index in [-0.39, 0.29) is 6.98 Å². The molecule has 0 radical (unpaired) electrons. The van der Waals surface area contributed by atoms with Gasteiger partial charge in [0.05, 0.1) is 28.1 Å². The first-order chi connectivity index (χ1) is 30.3. The Bertz CT molecular complexity index is 3200. The number of hydrogen-bond donors (Lipinski definition) is 0. The maximum absolute atomic E-state index is 6.81. The summed E-state index contributed by atoms with van der Waals surface area (Å²) in [7, 11) is 0. The molecule has 8 aromatic carbocycles. The van der Waals surface area contributed by atoms with Gasteiger partial charge in [-0.15, -0.1) is 0 Å². The van der Waals surface area contributed by atoms with Crippen molar-refractivity contribution >= 4 is 46.4 Å². The fourth-order valence-corrected chi connectivity index (χ4v) is 9.21. The van der Waals surface area contributed by atoms with Gasteiger partial charge in [-0.05, 0) is 87.9 Å². The Morgan fingerprint density at radius 1 is 0.475 bits per heavy atom. The molecule has 2 aliphatic heterocycles. The number of aromatic nitrogens is 3. The van der Waals surface area contributed by atoms with Gasteiger partial charge in [0.2, 0.25) is 0 Å². The molecule has 0 fully saturated rings. The van der Waals surface area contributed by atoms with Crippen LogP contribution in [-0.2, 0) is 0 Å². The summed E-state index contributed by atoms with van der Waals surface area (Å²) in [5, 5.41) is 0. The van der Waals surface area contributed by atoms with Gasteiger partial charge in [0, 0.05) is 29.2 Å². The van der Waals surface area contributed by atoms with E-state index in [0.29, 0.717) is 0 Å². The largest absolute Gasteiger partial charge is 0.458 e. The number of fused-ring (bicyclic) bond motifs is 9. The van der Waals surface area contributed by atoms with Crippen molar-refractivity contribution in [3.63, 3.8) is 0 Å². The zero-order valence-electron chi connectivity index (χ0n) is 33.0. The molecule has 0 aliphatic carbocycles. The van der Waals surface area contributed by atoms with E-state index in [2.05, 4.69) is 219 Å². The molecule has 4 heterocycles. The van der Waals surface area contributed by atoms with Crippen LogP contribution < -0.4 is 24.4 Å². The van der Waals surface area contributed by atoms with Gasteiger partial charge in [0.15, 0.2) is 0 Å². The first-order valence-electron chi connectivity index (χ1n) is 20.6. The van der Waals surface area contributed by atoms with Crippen LogP contribution in [0.2, 0.25) is 0 Å². The molecule has 0 bridgehead atoms. The van der Waals surface area contributed by atoms with Crippen molar-refractivity contribution in [1.29, 1.82) is 0 Å². The summed E-state index contributed by atoms with van der Waals surface area (Å²) < 4.78 is 11.2. The van der Waals surface area contributed by atoms with Gasteiger partial charge in [-0.3, -0.25) is 9.13 Å². The fraction of sp³-hybridized carbons (Fsp3) is 0. The van der Waals surface area contributed by atoms with Crippen molar-refractivity contribution in [2.45, 2.75) is 0 Å². The number of hydrogen-bond acceptors (Lipinski definition) is 4. The second-order valence-corrected chi connectivity index (χ2v) is 15.4. The Hall–Kier alpha value is -8.16. The first kappa shape index (κ1) is 34.8. The third kappa shape index (κ3) is 5.74. The number of anilines is 4. The number of rotatable bonds is 7. The molecule has 286 valence electrons. The summed E-state index contributed by atoms with van der Waals surface area (Å²) in [5.74, 6) is 2.38. The Morgan fingerprint density at radius 2 is 1.11 bits per heavy atom. The van der Waals surface area contributed by atoms with Crippen molar-refractivity contribution in [2.75, 3.05) is 9.62 Å². The van der Waals surface area contributed by atoms with Crippen molar-refractivity contribution in [1.82, 2.24) is 9.55 Å². The van der Waals surface area contributed by atoms with Gasteiger partial charge in [0.25, 0.3) is 6.33 Å². The van der Waals surface area contributed by atoms with E-state index in [4.69, 9.17) is 9.72 Å². The minimum absolute atomic E-state index is 0.117. The lowest BCUT2D eigenvalue weighted by Gasteiger charge is -2.36. The van der Waals surface area contributed by atoms with Crippen LogP contribution >= 0.6 is 0 Å². The van der Waals surface area contributed by atoms with Gasteiger partial charge in [0.1, 0.15) is 17.3 Å². The summed E-state index contributed by atoms with van der Waals surface area (Å²) in [6, 6.07) is 74.4. The van der Waals surface area contributed by atoms with Crippen LogP contribution in [0.25, 0.3) is 55.8 Å². The molecule has 0 saturated carbocycles. The third-order valence-corrected chi connectivity index (χ3v) is 11.8. The van der Waals surface area contributed by atoms with Crippen LogP contribution in [0.3, 0.4) is 0 Å².